The highest BCUT2D eigenvalue weighted by atomic mass is 16.3. The smallest absolute Gasteiger partial charge is 0.295 e. The quantitative estimate of drug-likeness (QED) is 0.657. The molecular weight excluding hydrogens is 208 g/mol. The number of carbonyl (C=O) groups excluding carboxylic acids is 1. The number of phenols is 1. The summed E-state index contributed by atoms with van der Waals surface area (Å²) in [6, 6.07) is 6.15. The number of phenolic OH excluding ortho intramolecular Hbond substituents is 1. The molecule has 0 saturated carbocycles. The van der Waals surface area contributed by atoms with E-state index in [1.54, 1.807) is 19.1 Å². The molecule has 0 unspecified atom stereocenters. The number of aromatic nitrogens is 3. The molecule has 0 aliphatic carbocycles. The first-order valence-corrected chi connectivity index (χ1v) is 4.64. The van der Waals surface area contributed by atoms with Gasteiger partial charge in [-0.25, -0.2) is 4.98 Å². The summed E-state index contributed by atoms with van der Waals surface area (Å²) in [5.74, 6) is 0.420. The number of aromatic hydroxyl groups is 1. The Bertz CT molecular complexity index is 504. The fraction of sp³-hybridized carbons (Fsp3) is 0.100. The molecule has 0 fully saturated rings. The van der Waals surface area contributed by atoms with E-state index in [0.717, 1.165) is 0 Å². The number of hydrogen-bond acceptors (Lipinski definition) is 4. The summed E-state index contributed by atoms with van der Waals surface area (Å²) in [6.07, 6.45) is 0. The molecule has 82 valence electrons. The molecule has 16 heavy (non-hydrogen) atoms. The normalized spacial score (nSPS) is 10.1. The van der Waals surface area contributed by atoms with Gasteiger partial charge in [-0.05, 0) is 31.2 Å². The highest BCUT2D eigenvalue weighted by Crippen LogP contribution is 2.14. The summed E-state index contributed by atoms with van der Waals surface area (Å²) in [6.45, 7) is 1.71. The Morgan fingerprint density at radius 2 is 2.06 bits per heavy atom. The number of nitrogens with zero attached hydrogens (tertiary/aromatic N) is 2. The zero-order chi connectivity index (χ0) is 11.5. The molecule has 0 spiro atoms. The first kappa shape index (κ1) is 10.2. The van der Waals surface area contributed by atoms with Gasteiger partial charge in [0.2, 0.25) is 5.82 Å². The van der Waals surface area contributed by atoms with Gasteiger partial charge >= 0.3 is 0 Å². The number of amides is 1. The Morgan fingerprint density at radius 1 is 1.38 bits per heavy atom. The lowest BCUT2D eigenvalue weighted by Gasteiger charge is -2.01. The van der Waals surface area contributed by atoms with E-state index in [2.05, 4.69) is 20.5 Å². The van der Waals surface area contributed by atoms with Gasteiger partial charge in [0.05, 0.1) is 0 Å². The van der Waals surface area contributed by atoms with Crippen LogP contribution in [0.25, 0.3) is 0 Å². The van der Waals surface area contributed by atoms with Crippen molar-refractivity contribution in [2.45, 2.75) is 6.92 Å². The number of nitrogens with one attached hydrogen (secondary N) is 2. The number of aryl methyl sites for hydroxylation is 1. The third kappa shape index (κ3) is 2.17. The van der Waals surface area contributed by atoms with Crippen LogP contribution in [0.3, 0.4) is 0 Å². The maximum absolute atomic E-state index is 11.6. The van der Waals surface area contributed by atoms with Crippen LogP contribution in [-0.2, 0) is 0 Å². The van der Waals surface area contributed by atoms with Crippen LogP contribution >= 0.6 is 0 Å². The van der Waals surface area contributed by atoms with Crippen molar-refractivity contribution in [1.82, 2.24) is 15.2 Å². The Balaban J connectivity index is 2.10. The zero-order valence-corrected chi connectivity index (χ0v) is 8.56. The molecular formula is C10H10N4O2. The maximum Gasteiger partial charge on any atom is 0.295 e. The number of hydrogen-bond donors (Lipinski definition) is 3. The molecule has 6 heteroatoms. The third-order valence-corrected chi connectivity index (χ3v) is 1.93. The van der Waals surface area contributed by atoms with Gasteiger partial charge in [0.15, 0.2) is 0 Å². The molecule has 0 saturated heterocycles. The average Bonchev–Trinajstić information content (AvgIpc) is 2.68. The van der Waals surface area contributed by atoms with Crippen LogP contribution < -0.4 is 5.32 Å². The zero-order valence-electron chi connectivity index (χ0n) is 8.56. The summed E-state index contributed by atoms with van der Waals surface area (Å²) in [4.78, 5) is 15.5. The molecule has 6 nitrogen and oxygen atoms in total. The predicted molar refractivity (Wildman–Crippen MR) is 57.2 cm³/mol. The van der Waals surface area contributed by atoms with E-state index in [4.69, 9.17) is 5.11 Å². The second-order valence-electron chi connectivity index (χ2n) is 3.25. The van der Waals surface area contributed by atoms with Crippen molar-refractivity contribution >= 4 is 11.6 Å². The van der Waals surface area contributed by atoms with E-state index >= 15 is 0 Å². The van der Waals surface area contributed by atoms with Crippen LogP contribution in [-0.4, -0.2) is 26.2 Å². The Hall–Kier alpha value is -2.37. The van der Waals surface area contributed by atoms with Crippen LogP contribution in [0.5, 0.6) is 5.75 Å². The van der Waals surface area contributed by atoms with Crippen LogP contribution in [0, 0.1) is 6.92 Å². The molecule has 1 aromatic carbocycles. The van der Waals surface area contributed by atoms with E-state index in [1.165, 1.54) is 12.1 Å². The lowest BCUT2D eigenvalue weighted by molar-refractivity contribution is 0.101. The van der Waals surface area contributed by atoms with Gasteiger partial charge < -0.3 is 10.4 Å². The van der Waals surface area contributed by atoms with E-state index in [0.29, 0.717) is 11.5 Å². The number of H-pyrrole nitrogens is 1. The molecule has 0 atom stereocenters. The molecule has 3 N–H and O–H groups in total. The van der Waals surface area contributed by atoms with Crippen molar-refractivity contribution < 1.29 is 9.90 Å². The topological polar surface area (TPSA) is 90.9 Å². The van der Waals surface area contributed by atoms with Gasteiger partial charge in [-0.15, -0.1) is 5.10 Å². The van der Waals surface area contributed by atoms with Gasteiger partial charge in [-0.3, -0.25) is 9.89 Å². The Labute approximate surface area is 91.3 Å². The highest BCUT2D eigenvalue weighted by molar-refractivity contribution is 6.01. The molecule has 1 aromatic heterocycles. The number of carbonyl (C=O) groups is 1. The number of rotatable bonds is 2. The van der Waals surface area contributed by atoms with Gasteiger partial charge in [-0.1, -0.05) is 0 Å². The number of benzene rings is 1. The number of anilines is 1. The molecule has 1 amide bonds. The van der Waals surface area contributed by atoms with E-state index in [1.807, 2.05) is 0 Å². The van der Waals surface area contributed by atoms with Crippen LogP contribution in [0.1, 0.15) is 16.4 Å². The summed E-state index contributed by atoms with van der Waals surface area (Å²) in [7, 11) is 0. The lowest BCUT2D eigenvalue weighted by Crippen LogP contribution is -2.13. The predicted octanol–water partition coefficient (Wildman–Crippen LogP) is 1.07. The minimum absolute atomic E-state index is 0.0885. The number of aromatic amines is 1. The fourth-order valence-electron chi connectivity index (χ4n) is 1.18. The molecule has 2 aromatic rings. The lowest BCUT2D eigenvalue weighted by atomic mass is 10.3. The van der Waals surface area contributed by atoms with Crippen LogP contribution in [0.4, 0.5) is 5.69 Å². The van der Waals surface area contributed by atoms with Gasteiger partial charge in [0, 0.05) is 5.69 Å². The summed E-state index contributed by atoms with van der Waals surface area (Å²) >= 11 is 0. The Morgan fingerprint density at radius 3 is 2.62 bits per heavy atom. The highest BCUT2D eigenvalue weighted by Gasteiger charge is 2.10. The van der Waals surface area contributed by atoms with Crippen molar-refractivity contribution in [3.63, 3.8) is 0 Å². The van der Waals surface area contributed by atoms with E-state index in [-0.39, 0.29) is 11.6 Å². The standard InChI is InChI=1S/C10H10N4O2/c1-6-11-9(14-13-6)10(16)12-7-2-4-8(15)5-3-7/h2-5,15H,1H3,(H,12,16)(H,11,13,14). The summed E-state index contributed by atoms with van der Waals surface area (Å²) in [5.41, 5.74) is 0.574. The van der Waals surface area contributed by atoms with Crippen molar-refractivity contribution in [2.24, 2.45) is 0 Å². The molecule has 0 radical (unpaired) electrons. The molecule has 0 aliphatic rings. The molecule has 0 bridgehead atoms. The summed E-state index contributed by atoms with van der Waals surface area (Å²) < 4.78 is 0. The van der Waals surface area contributed by atoms with E-state index in [9.17, 15) is 4.79 Å². The molecule has 0 aliphatic heterocycles. The third-order valence-electron chi connectivity index (χ3n) is 1.93. The fourth-order valence-corrected chi connectivity index (χ4v) is 1.18. The minimum atomic E-state index is -0.393. The minimum Gasteiger partial charge on any atom is -0.508 e. The maximum atomic E-state index is 11.6. The first-order valence-electron chi connectivity index (χ1n) is 4.64. The average molecular weight is 218 g/mol. The van der Waals surface area contributed by atoms with Crippen molar-refractivity contribution in [1.29, 1.82) is 0 Å². The molecule has 2 rings (SSSR count). The van der Waals surface area contributed by atoms with Crippen molar-refractivity contribution in [3.05, 3.63) is 35.9 Å². The van der Waals surface area contributed by atoms with Crippen molar-refractivity contribution in [2.75, 3.05) is 5.32 Å². The van der Waals surface area contributed by atoms with Gasteiger partial charge in [0.1, 0.15) is 11.6 Å². The summed E-state index contributed by atoms with van der Waals surface area (Å²) in [5, 5.41) is 18.0. The van der Waals surface area contributed by atoms with E-state index < -0.39 is 5.91 Å². The van der Waals surface area contributed by atoms with Gasteiger partial charge in [0.25, 0.3) is 5.91 Å². The second kappa shape index (κ2) is 4.01. The van der Waals surface area contributed by atoms with Crippen LogP contribution in [0.2, 0.25) is 0 Å². The molecule has 1 heterocycles. The monoisotopic (exact) mass is 218 g/mol. The SMILES string of the molecule is Cc1nc(C(=O)Nc2ccc(O)cc2)n[nH]1. The first-order chi connectivity index (χ1) is 7.65. The van der Waals surface area contributed by atoms with Crippen molar-refractivity contribution in [3.8, 4) is 5.75 Å². The second-order valence-corrected chi connectivity index (χ2v) is 3.25. The largest absolute Gasteiger partial charge is 0.508 e. The van der Waals surface area contributed by atoms with Gasteiger partial charge in [-0.2, -0.15) is 0 Å². The Kier molecular flexibility index (Phi) is 2.55. The van der Waals surface area contributed by atoms with Crippen LogP contribution in [0.15, 0.2) is 24.3 Å².